The Morgan fingerprint density at radius 3 is 1.12 bits per heavy atom. The third-order valence-corrected chi connectivity index (χ3v) is 3.99. The molecule has 0 fully saturated rings. The molecular weight excluding hydrogens is 407 g/mol. The number of carboxylic acid groups (broad SMARTS) is 1. The molecule has 0 amide bonds. The van der Waals surface area contributed by atoms with E-state index in [0.29, 0.717) is 6.42 Å². The van der Waals surface area contributed by atoms with Gasteiger partial charge in [-0.1, -0.05) is 96.8 Å². The zero-order valence-electron chi connectivity index (χ0n) is 17.4. The summed E-state index contributed by atoms with van der Waals surface area (Å²) in [5, 5.41) is 8.52. The van der Waals surface area contributed by atoms with Gasteiger partial charge in [0.25, 0.3) is 0 Å². The van der Waals surface area contributed by atoms with Gasteiger partial charge >= 0.3 is 23.3 Å². The van der Waals surface area contributed by atoms with Crippen molar-refractivity contribution in [2.75, 3.05) is 0 Å². The fourth-order valence-corrected chi connectivity index (χ4v) is 2.65. The Labute approximate surface area is 187 Å². The van der Waals surface area contributed by atoms with Crippen LogP contribution >= 0.6 is 0 Å². The van der Waals surface area contributed by atoms with E-state index in [9.17, 15) is 4.79 Å². The minimum Gasteiger partial charge on any atom is -1.00 e. The maximum Gasteiger partial charge on any atom is 3.00 e. The van der Waals surface area contributed by atoms with Crippen LogP contribution in [-0.4, -0.2) is 11.1 Å². The first kappa shape index (κ1) is 37.3. The van der Waals surface area contributed by atoms with Gasteiger partial charge in [0.15, 0.2) is 0 Å². The Morgan fingerprint density at radius 2 is 0.885 bits per heavy atom. The second-order valence-electron chi connectivity index (χ2n) is 6.67. The molecule has 0 spiro atoms. The van der Waals surface area contributed by atoms with Gasteiger partial charge in [-0.25, -0.2) is 0 Å². The van der Waals surface area contributed by atoms with Crippen LogP contribution in [0.2, 0.25) is 0 Å². The molecule has 0 atom stereocenters. The van der Waals surface area contributed by atoms with E-state index in [4.69, 9.17) is 5.11 Å². The normalized spacial score (nSPS) is 9.04. The molecule has 0 aromatic carbocycles. The number of aliphatic carboxylic acids is 1. The van der Waals surface area contributed by atoms with Crippen LogP contribution < -0.4 is 24.8 Å². The van der Waals surface area contributed by atoms with Crippen molar-refractivity contribution < 1.29 is 52.1 Å². The largest absolute Gasteiger partial charge is 3.00 e. The standard InChI is InChI=1S/C18H36O2.C3H7.2ClH.Cr/c1-2-3-4-5-6-7-8-9-10-11-12-13-14-15-16-17-18(19)20;1-3-2;;;/h2-17H2,1H3,(H,19,20);3H,1-2H3;2*1H;/q;-1;;;+3/p-2. The zero-order valence-corrected chi connectivity index (χ0v) is 20.2. The van der Waals surface area contributed by atoms with E-state index < -0.39 is 5.97 Å². The van der Waals surface area contributed by atoms with E-state index >= 15 is 0 Å². The zero-order chi connectivity index (χ0) is 17.6. The number of unbranched alkanes of at least 4 members (excludes halogenated alkanes) is 14. The van der Waals surface area contributed by atoms with Crippen molar-refractivity contribution in [3.63, 3.8) is 0 Å². The summed E-state index contributed by atoms with van der Waals surface area (Å²) in [6.45, 7) is 6.27. The van der Waals surface area contributed by atoms with Gasteiger partial charge in [0.05, 0.1) is 0 Å². The first-order valence-corrected chi connectivity index (χ1v) is 10.1. The van der Waals surface area contributed by atoms with E-state index in [1.165, 1.54) is 83.5 Å². The Morgan fingerprint density at radius 1 is 0.654 bits per heavy atom. The molecule has 0 aromatic rings. The van der Waals surface area contributed by atoms with Crippen molar-refractivity contribution in [3.8, 4) is 0 Å². The maximum atomic E-state index is 10.3. The third kappa shape index (κ3) is 44.2. The molecule has 0 aromatic heterocycles. The Hall–Kier alpha value is 0.582. The Kier molecular flexibility index (Phi) is 52.4. The average Bonchev–Trinajstić information content (AvgIpc) is 2.51. The van der Waals surface area contributed by atoms with Gasteiger partial charge in [0.1, 0.15) is 0 Å². The number of halogens is 2. The second-order valence-corrected chi connectivity index (χ2v) is 6.67. The van der Waals surface area contributed by atoms with Crippen molar-refractivity contribution in [3.05, 3.63) is 6.42 Å². The predicted molar refractivity (Wildman–Crippen MR) is 103 cm³/mol. The van der Waals surface area contributed by atoms with Crippen LogP contribution in [0.5, 0.6) is 0 Å². The molecule has 0 saturated heterocycles. The van der Waals surface area contributed by atoms with Crippen LogP contribution in [0.1, 0.15) is 124 Å². The molecule has 0 aliphatic rings. The van der Waals surface area contributed by atoms with E-state index in [1.54, 1.807) is 0 Å². The van der Waals surface area contributed by atoms with E-state index in [1.807, 2.05) is 20.3 Å². The minimum absolute atomic E-state index is 0. The van der Waals surface area contributed by atoms with Crippen molar-refractivity contribution in [1.82, 2.24) is 0 Å². The predicted octanol–water partition coefficient (Wildman–Crippen LogP) is 1.57. The van der Waals surface area contributed by atoms with Crippen LogP contribution in [0.15, 0.2) is 0 Å². The minimum atomic E-state index is -0.653. The van der Waals surface area contributed by atoms with Gasteiger partial charge in [-0.2, -0.15) is 13.8 Å². The number of rotatable bonds is 16. The summed E-state index contributed by atoms with van der Waals surface area (Å²) in [5.74, 6) is -0.653. The molecule has 2 nitrogen and oxygen atoms in total. The monoisotopic (exact) mass is 449 g/mol. The van der Waals surface area contributed by atoms with Crippen molar-refractivity contribution in [2.45, 2.75) is 124 Å². The van der Waals surface area contributed by atoms with Gasteiger partial charge in [-0.3, -0.25) is 4.79 Å². The summed E-state index contributed by atoms with van der Waals surface area (Å²) in [5.41, 5.74) is 0. The molecular formula is C21H43Cl2CrO2. The second kappa shape index (κ2) is 36.5. The summed E-state index contributed by atoms with van der Waals surface area (Å²) >= 11 is 0. The van der Waals surface area contributed by atoms with Crippen molar-refractivity contribution in [2.24, 2.45) is 0 Å². The molecule has 1 N–H and O–H groups in total. The molecule has 0 unspecified atom stereocenters. The Bertz CT molecular complexity index is 230. The molecule has 5 heteroatoms. The SMILES string of the molecule is CCCCCCCCCCCCCCCCCC(=O)O.C[CH-]C.[Cl-].[Cl-].[Cr+3]. The van der Waals surface area contributed by atoms with E-state index in [-0.39, 0.29) is 42.2 Å². The van der Waals surface area contributed by atoms with E-state index in [0.717, 1.165) is 12.8 Å². The molecule has 0 rings (SSSR count). The summed E-state index contributed by atoms with van der Waals surface area (Å²) in [6, 6.07) is 0. The Balaban J connectivity index is -0.000000228. The molecule has 0 aliphatic carbocycles. The van der Waals surface area contributed by atoms with Gasteiger partial charge in [0.2, 0.25) is 0 Å². The average molecular weight is 450 g/mol. The van der Waals surface area contributed by atoms with Crippen LogP contribution in [-0.2, 0) is 22.2 Å². The molecule has 1 radical (unpaired) electrons. The van der Waals surface area contributed by atoms with Crippen LogP contribution in [0, 0.1) is 6.42 Å². The molecule has 0 bridgehead atoms. The van der Waals surface area contributed by atoms with Gasteiger partial charge < -0.3 is 36.3 Å². The fourth-order valence-electron chi connectivity index (χ4n) is 2.65. The summed E-state index contributed by atoms with van der Waals surface area (Å²) < 4.78 is 0. The first-order valence-electron chi connectivity index (χ1n) is 10.1. The number of hydrogen-bond acceptors (Lipinski definition) is 1. The summed E-state index contributed by atoms with van der Waals surface area (Å²) in [4.78, 5) is 10.3. The maximum absolute atomic E-state index is 10.3. The number of hydrogen-bond donors (Lipinski definition) is 1. The molecule has 0 aliphatic heterocycles. The first-order chi connectivity index (χ1) is 11.2. The van der Waals surface area contributed by atoms with Gasteiger partial charge in [-0.15, -0.1) is 0 Å². The molecule has 0 saturated carbocycles. The van der Waals surface area contributed by atoms with Crippen LogP contribution in [0.3, 0.4) is 0 Å². The smallest absolute Gasteiger partial charge is 1.00 e. The summed E-state index contributed by atoms with van der Waals surface area (Å²) in [7, 11) is 0. The molecule has 26 heavy (non-hydrogen) atoms. The topological polar surface area (TPSA) is 37.3 Å². The third-order valence-electron chi connectivity index (χ3n) is 3.99. The number of carbonyl (C=O) groups is 1. The number of carboxylic acids is 1. The van der Waals surface area contributed by atoms with Crippen molar-refractivity contribution in [1.29, 1.82) is 0 Å². The van der Waals surface area contributed by atoms with E-state index in [2.05, 4.69) is 6.92 Å². The molecule has 0 heterocycles. The van der Waals surface area contributed by atoms with Crippen LogP contribution in [0.25, 0.3) is 0 Å². The van der Waals surface area contributed by atoms with Gasteiger partial charge in [-0.05, 0) is 6.42 Å². The molecule has 159 valence electrons. The van der Waals surface area contributed by atoms with Gasteiger partial charge in [0, 0.05) is 6.42 Å². The van der Waals surface area contributed by atoms with Crippen LogP contribution in [0.4, 0.5) is 0 Å². The quantitative estimate of drug-likeness (QED) is 0.286. The van der Waals surface area contributed by atoms with Crippen molar-refractivity contribution >= 4 is 5.97 Å². The fraction of sp³-hybridized carbons (Fsp3) is 0.905. The summed E-state index contributed by atoms with van der Waals surface area (Å²) in [6.07, 6.45) is 22.2.